The van der Waals surface area contributed by atoms with Crippen LogP contribution in [0.2, 0.25) is 0 Å². The van der Waals surface area contributed by atoms with Gasteiger partial charge in [-0.1, -0.05) is 32.0 Å². The second-order valence-corrected chi connectivity index (χ2v) is 7.47. The van der Waals surface area contributed by atoms with Crippen LogP contribution in [-0.2, 0) is 11.3 Å². The topological polar surface area (TPSA) is 40.5 Å². The van der Waals surface area contributed by atoms with Gasteiger partial charge in [0, 0.05) is 11.2 Å². The molecule has 0 amide bonds. The SMILES string of the molecule is CC1(C)CCCN(Cc2csc3ccccc23)C1C(=O)O. The lowest BCUT2D eigenvalue weighted by molar-refractivity contribution is -0.151. The number of rotatable bonds is 3. The van der Waals surface area contributed by atoms with Gasteiger partial charge >= 0.3 is 5.97 Å². The first-order chi connectivity index (χ1) is 9.99. The number of carboxylic acids is 1. The molecule has 2 heterocycles. The zero-order chi connectivity index (χ0) is 15.0. The molecule has 1 fully saturated rings. The fraction of sp³-hybridized carbons (Fsp3) is 0.471. The lowest BCUT2D eigenvalue weighted by Gasteiger charge is -2.44. The molecule has 1 N–H and O–H groups in total. The number of fused-ring (bicyclic) bond motifs is 1. The van der Waals surface area contributed by atoms with Crippen LogP contribution in [0.1, 0.15) is 32.3 Å². The van der Waals surface area contributed by atoms with Crippen molar-refractivity contribution >= 4 is 27.4 Å². The minimum Gasteiger partial charge on any atom is -0.480 e. The van der Waals surface area contributed by atoms with Gasteiger partial charge in [-0.25, -0.2) is 0 Å². The van der Waals surface area contributed by atoms with Crippen molar-refractivity contribution in [2.45, 2.75) is 39.3 Å². The monoisotopic (exact) mass is 303 g/mol. The zero-order valence-corrected chi connectivity index (χ0v) is 13.3. The molecule has 4 heteroatoms. The Kier molecular flexibility index (Phi) is 3.76. The van der Waals surface area contributed by atoms with Crippen molar-refractivity contribution in [3.8, 4) is 0 Å². The molecule has 1 aliphatic rings. The van der Waals surface area contributed by atoms with Crippen LogP contribution in [0.15, 0.2) is 29.6 Å². The summed E-state index contributed by atoms with van der Waals surface area (Å²) in [6.07, 6.45) is 2.05. The highest BCUT2D eigenvalue weighted by Gasteiger charge is 2.42. The molecule has 0 aliphatic carbocycles. The molecule has 21 heavy (non-hydrogen) atoms. The minimum absolute atomic E-state index is 0.171. The minimum atomic E-state index is -0.695. The third kappa shape index (κ3) is 2.70. The summed E-state index contributed by atoms with van der Waals surface area (Å²) < 4.78 is 1.27. The second-order valence-electron chi connectivity index (χ2n) is 6.56. The first-order valence-electron chi connectivity index (χ1n) is 7.41. The summed E-state index contributed by atoms with van der Waals surface area (Å²) in [6, 6.07) is 7.95. The van der Waals surface area contributed by atoms with E-state index in [1.54, 1.807) is 11.3 Å². The molecule has 1 unspecified atom stereocenters. The van der Waals surface area contributed by atoms with Gasteiger partial charge in [-0.3, -0.25) is 9.69 Å². The fourth-order valence-electron chi connectivity index (χ4n) is 3.53. The van der Waals surface area contributed by atoms with Gasteiger partial charge in [0.2, 0.25) is 0 Å². The molecule has 0 radical (unpaired) electrons. The van der Waals surface area contributed by atoms with E-state index in [1.807, 2.05) is 12.1 Å². The third-order valence-corrected chi connectivity index (χ3v) is 5.55. The highest BCUT2D eigenvalue weighted by Crippen LogP contribution is 2.37. The van der Waals surface area contributed by atoms with Crippen LogP contribution < -0.4 is 0 Å². The van der Waals surface area contributed by atoms with Gasteiger partial charge in [-0.15, -0.1) is 11.3 Å². The van der Waals surface area contributed by atoms with E-state index in [0.29, 0.717) is 0 Å². The molecule has 2 aromatic rings. The Morgan fingerprint density at radius 3 is 2.95 bits per heavy atom. The van der Waals surface area contributed by atoms with Crippen molar-refractivity contribution in [1.82, 2.24) is 4.90 Å². The first kappa shape index (κ1) is 14.5. The Morgan fingerprint density at radius 2 is 2.19 bits per heavy atom. The predicted octanol–water partition coefficient (Wildman–Crippen LogP) is 3.98. The summed E-state index contributed by atoms with van der Waals surface area (Å²) in [5.74, 6) is -0.695. The standard InChI is InChI=1S/C17H21NO2S/c1-17(2)8-5-9-18(15(17)16(19)20)10-12-11-21-14-7-4-3-6-13(12)14/h3-4,6-7,11,15H,5,8-10H2,1-2H3,(H,19,20). The van der Waals surface area contributed by atoms with E-state index < -0.39 is 12.0 Å². The molecule has 0 spiro atoms. The van der Waals surface area contributed by atoms with Gasteiger partial charge in [-0.05, 0) is 47.2 Å². The Labute approximate surface area is 129 Å². The summed E-state index contributed by atoms with van der Waals surface area (Å²) in [6.45, 7) is 5.74. The molecule has 1 aromatic heterocycles. The van der Waals surface area contributed by atoms with Crippen LogP contribution >= 0.6 is 11.3 Å². The average molecular weight is 303 g/mol. The van der Waals surface area contributed by atoms with Crippen LogP contribution in [0.3, 0.4) is 0 Å². The molecule has 112 valence electrons. The third-order valence-electron chi connectivity index (χ3n) is 4.54. The molecule has 1 aliphatic heterocycles. The van der Waals surface area contributed by atoms with E-state index in [2.05, 4.69) is 36.3 Å². The Hall–Kier alpha value is -1.39. The number of carboxylic acid groups (broad SMARTS) is 1. The Balaban J connectivity index is 1.90. The molecule has 0 bridgehead atoms. The maximum atomic E-state index is 11.7. The number of benzene rings is 1. The number of hydrogen-bond acceptors (Lipinski definition) is 3. The Bertz CT molecular complexity index is 662. The quantitative estimate of drug-likeness (QED) is 0.932. The lowest BCUT2D eigenvalue weighted by Crippen LogP contribution is -2.53. The summed E-state index contributed by atoms with van der Waals surface area (Å²) in [4.78, 5) is 13.9. The molecular weight excluding hydrogens is 282 g/mol. The van der Waals surface area contributed by atoms with Gasteiger partial charge in [0.05, 0.1) is 0 Å². The van der Waals surface area contributed by atoms with E-state index in [-0.39, 0.29) is 5.41 Å². The van der Waals surface area contributed by atoms with Crippen LogP contribution in [0.25, 0.3) is 10.1 Å². The zero-order valence-electron chi connectivity index (χ0n) is 12.5. The van der Waals surface area contributed by atoms with E-state index in [4.69, 9.17) is 0 Å². The van der Waals surface area contributed by atoms with Crippen molar-refractivity contribution in [3.63, 3.8) is 0 Å². The van der Waals surface area contributed by atoms with Crippen LogP contribution in [-0.4, -0.2) is 28.6 Å². The largest absolute Gasteiger partial charge is 0.480 e. The van der Waals surface area contributed by atoms with Crippen LogP contribution in [0, 0.1) is 5.41 Å². The number of thiophene rings is 1. The summed E-state index contributed by atoms with van der Waals surface area (Å²) in [5.41, 5.74) is 1.08. The fourth-order valence-corrected chi connectivity index (χ4v) is 4.49. The molecule has 1 saturated heterocycles. The normalized spacial score (nSPS) is 22.5. The van der Waals surface area contributed by atoms with Crippen molar-refractivity contribution in [1.29, 1.82) is 0 Å². The molecule has 1 aromatic carbocycles. The van der Waals surface area contributed by atoms with E-state index >= 15 is 0 Å². The van der Waals surface area contributed by atoms with Crippen LogP contribution in [0.4, 0.5) is 0 Å². The van der Waals surface area contributed by atoms with E-state index in [1.165, 1.54) is 15.6 Å². The number of hydrogen-bond donors (Lipinski definition) is 1. The van der Waals surface area contributed by atoms with Gasteiger partial charge < -0.3 is 5.11 Å². The molecule has 1 atom stereocenters. The molecule has 3 nitrogen and oxygen atoms in total. The van der Waals surface area contributed by atoms with Crippen molar-refractivity contribution in [2.24, 2.45) is 5.41 Å². The summed E-state index contributed by atoms with van der Waals surface area (Å²) in [7, 11) is 0. The lowest BCUT2D eigenvalue weighted by atomic mass is 9.76. The van der Waals surface area contributed by atoms with Crippen molar-refractivity contribution < 1.29 is 9.90 Å². The van der Waals surface area contributed by atoms with Gasteiger partial charge in [0.15, 0.2) is 0 Å². The van der Waals surface area contributed by atoms with Gasteiger partial charge in [0.1, 0.15) is 6.04 Å². The highest BCUT2D eigenvalue weighted by molar-refractivity contribution is 7.17. The highest BCUT2D eigenvalue weighted by atomic mass is 32.1. The van der Waals surface area contributed by atoms with Gasteiger partial charge in [-0.2, -0.15) is 0 Å². The number of likely N-dealkylation sites (tertiary alicyclic amines) is 1. The number of aliphatic carboxylic acids is 1. The maximum absolute atomic E-state index is 11.7. The van der Waals surface area contributed by atoms with E-state index in [9.17, 15) is 9.90 Å². The predicted molar refractivity (Wildman–Crippen MR) is 86.7 cm³/mol. The average Bonchev–Trinajstić information content (AvgIpc) is 2.81. The maximum Gasteiger partial charge on any atom is 0.321 e. The van der Waals surface area contributed by atoms with Crippen molar-refractivity contribution in [3.05, 3.63) is 35.2 Å². The van der Waals surface area contributed by atoms with Gasteiger partial charge in [0.25, 0.3) is 0 Å². The number of piperidine rings is 1. The number of carbonyl (C=O) groups is 1. The second kappa shape index (κ2) is 5.43. The number of nitrogens with zero attached hydrogens (tertiary/aromatic N) is 1. The van der Waals surface area contributed by atoms with E-state index in [0.717, 1.165) is 25.9 Å². The Morgan fingerprint density at radius 1 is 1.43 bits per heavy atom. The molecular formula is C17H21NO2S. The van der Waals surface area contributed by atoms with Crippen LogP contribution in [0.5, 0.6) is 0 Å². The molecule has 0 saturated carbocycles. The summed E-state index contributed by atoms with van der Waals surface area (Å²) in [5, 5.41) is 13.1. The smallest absolute Gasteiger partial charge is 0.321 e. The first-order valence-corrected chi connectivity index (χ1v) is 8.29. The van der Waals surface area contributed by atoms with Crippen molar-refractivity contribution in [2.75, 3.05) is 6.54 Å². The molecule has 3 rings (SSSR count). The summed E-state index contributed by atoms with van der Waals surface area (Å²) >= 11 is 1.74.